The van der Waals surface area contributed by atoms with Gasteiger partial charge in [0.1, 0.15) is 11.5 Å². The van der Waals surface area contributed by atoms with Crippen molar-refractivity contribution in [1.29, 1.82) is 0 Å². The maximum atomic E-state index is 12.9. The first-order valence-corrected chi connectivity index (χ1v) is 10.1. The second kappa shape index (κ2) is 9.51. The van der Waals surface area contributed by atoms with Crippen LogP contribution in [0.2, 0.25) is 0 Å². The second-order valence-corrected chi connectivity index (χ2v) is 7.61. The third-order valence-corrected chi connectivity index (χ3v) is 5.02. The van der Waals surface area contributed by atoms with Crippen LogP contribution in [0.4, 0.5) is 11.4 Å². The van der Waals surface area contributed by atoms with E-state index in [2.05, 4.69) is 10.6 Å². The van der Waals surface area contributed by atoms with Gasteiger partial charge in [0.2, 0.25) is 11.8 Å². The van der Waals surface area contributed by atoms with Gasteiger partial charge in [-0.25, -0.2) is 0 Å². The van der Waals surface area contributed by atoms with Crippen LogP contribution < -0.4 is 25.0 Å². The van der Waals surface area contributed by atoms with Gasteiger partial charge in [0.05, 0.1) is 37.1 Å². The summed E-state index contributed by atoms with van der Waals surface area (Å²) < 4.78 is 10.6. The van der Waals surface area contributed by atoms with E-state index in [1.165, 1.54) is 12.0 Å². The van der Waals surface area contributed by atoms with Crippen LogP contribution in [0.25, 0.3) is 0 Å². The number of carbonyl (C=O) groups is 3. The maximum absolute atomic E-state index is 12.9. The number of ether oxygens (including phenoxy) is 2. The van der Waals surface area contributed by atoms with Crippen LogP contribution in [0.15, 0.2) is 42.5 Å². The van der Waals surface area contributed by atoms with Gasteiger partial charge < -0.3 is 25.0 Å². The molecule has 1 aliphatic rings. The fraction of sp³-hybridized carbons (Fsp3) is 0.348. The minimum Gasteiger partial charge on any atom is -0.497 e. The molecule has 8 nitrogen and oxygen atoms in total. The Hall–Kier alpha value is -3.55. The fourth-order valence-corrected chi connectivity index (χ4v) is 3.49. The molecule has 1 heterocycles. The molecular weight excluding hydrogens is 398 g/mol. The average Bonchev–Trinajstić information content (AvgIpc) is 3.14. The van der Waals surface area contributed by atoms with Crippen LogP contribution in [0, 0.1) is 5.92 Å². The molecule has 1 atom stereocenters. The molecule has 0 spiro atoms. The zero-order valence-electron chi connectivity index (χ0n) is 18.1. The van der Waals surface area contributed by atoms with Crippen molar-refractivity contribution < 1.29 is 23.9 Å². The predicted octanol–water partition coefficient (Wildman–Crippen LogP) is 2.83. The van der Waals surface area contributed by atoms with Crippen LogP contribution in [0.3, 0.4) is 0 Å². The summed E-state index contributed by atoms with van der Waals surface area (Å²) in [5.74, 6) is -0.228. The molecule has 0 unspecified atom stereocenters. The molecule has 164 valence electrons. The zero-order chi connectivity index (χ0) is 22.5. The van der Waals surface area contributed by atoms with E-state index in [0.717, 1.165) is 0 Å². The second-order valence-electron chi connectivity index (χ2n) is 7.61. The van der Waals surface area contributed by atoms with Crippen molar-refractivity contribution in [2.45, 2.75) is 26.3 Å². The Bertz CT molecular complexity index is 989. The van der Waals surface area contributed by atoms with Crippen LogP contribution in [-0.4, -0.2) is 44.5 Å². The summed E-state index contributed by atoms with van der Waals surface area (Å²) in [6.07, 6.45) is 0.0621. The molecule has 8 heteroatoms. The summed E-state index contributed by atoms with van der Waals surface area (Å²) in [7, 11) is 3.07. The van der Waals surface area contributed by atoms with Gasteiger partial charge in [-0.3, -0.25) is 14.4 Å². The van der Waals surface area contributed by atoms with E-state index in [4.69, 9.17) is 9.47 Å². The molecule has 3 rings (SSSR count). The Balaban J connectivity index is 1.77. The molecule has 1 saturated heterocycles. The number of methoxy groups -OCH3 is 2. The number of rotatable bonds is 7. The normalized spacial score (nSPS) is 15.7. The molecule has 0 bridgehead atoms. The van der Waals surface area contributed by atoms with Gasteiger partial charge in [-0.15, -0.1) is 0 Å². The lowest BCUT2D eigenvalue weighted by Gasteiger charge is -2.20. The van der Waals surface area contributed by atoms with E-state index in [9.17, 15) is 14.4 Å². The van der Waals surface area contributed by atoms with Gasteiger partial charge >= 0.3 is 0 Å². The third-order valence-electron chi connectivity index (χ3n) is 5.02. The molecule has 0 aliphatic carbocycles. The maximum Gasteiger partial charge on any atom is 0.253 e. The van der Waals surface area contributed by atoms with E-state index in [0.29, 0.717) is 28.4 Å². The van der Waals surface area contributed by atoms with Gasteiger partial charge in [-0.1, -0.05) is 12.1 Å². The van der Waals surface area contributed by atoms with Crippen molar-refractivity contribution in [2.75, 3.05) is 31.0 Å². The SMILES string of the molecule is COc1ccc(OC)c(N2C[C@H](C(=O)Nc3ccccc3C(=O)NC(C)C)CC2=O)c1. The number of para-hydroxylation sites is 1. The minimum absolute atomic E-state index is 0.0323. The highest BCUT2D eigenvalue weighted by Gasteiger charge is 2.36. The fourth-order valence-electron chi connectivity index (χ4n) is 3.49. The molecule has 1 aliphatic heterocycles. The van der Waals surface area contributed by atoms with Gasteiger partial charge in [-0.05, 0) is 38.1 Å². The number of hydrogen-bond donors (Lipinski definition) is 2. The molecule has 3 amide bonds. The first kappa shape index (κ1) is 22.1. The Morgan fingerprint density at radius 3 is 2.52 bits per heavy atom. The number of hydrogen-bond acceptors (Lipinski definition) is 5. The predicted molar refractivity (Wildman–Crippen MR) is 118 cm³/mol. The Morgan fingerprint density at radius 1 is 1.10 bits per heavy atom. The van der Waals surface area contributed by atoms with Gasteiger partial charge in [-0.2, -0.15) is 0 Å². The van der Waals surface area contributed by atoms with Crippen molar-refractivity contribution in [3.63, 3.8) is 0 Å². The number of nitrogens with zero attached hydrogens (tertiary/aromatic N) is 1. The van der Waals surface area contributed by atoms with E-state index in [1.54, 1.807) is 49.6 Å². The van der Waals surface area contributed by atoms with Gasteiger partial charge in [0.15, 0.2) is 0 Å². The first-order chi connectivity index (χ1) is 14.8. The summed E-state index contributed by atoms with van der Waals surface area (Å²) >= 11 is 0. The molecule has 2 N–H and O–H groups in total. The minimum atomic E-state index is -0.565. The number of carbonyl (C=O) groups excluding carboxylic acids is 3. The zero-order valence-corrected chi connectivity index (χ0v) is 18.1. The average molecular weight is 425 g/mol. The van der Waals surface area contributed by atoms with Crippen LogP contribution in [-0.2, 0) is 9.59 Å². The Labute approximate surface area is 181 Å². The largest absolute Gasteiger partial charge is 0.497 e. The number of anilines is 2. The van der Waals surface area contributed by atoms with E-state index >= 15 is 0 Å². The molecule has 0 radical (unpaired) electrons. The standard InChI is InChI=1S/C23H27N3O5/c1-14(2)24-23(29)17-7-5-6-8-18(17)25-22(28)15-11-21(27)26(13-15)19-12-16(30-3)9-10-20(19)31-4/h5-10,12,14-15H,11,13H2,1-4H3,(H,24,29)(H,25,28)/t15-/m1/s1. The summed E-state index contributed by atoms with van der Waals surface area (Å²) in [4.78, 5) is 39.6. The lowest BCUT2D eigenvalue weighted by atomic mass is 10.1. The van der Waals surface area contributed by atoms with Crippen LogP contribution >= 0.6 is 0 Å². The summed E-state index contributed by atoms with van der Waals surface area (Å²) in [5.41, 5.74) is 1.34. The molecule has 2 aromatic rings. The van der Waals surface area contributed by atoms with E-state index in [1.807, 2.05) is 13.8 Å². The van der Waals surface area contributed by atoms with Crippen molar-refractivity contribution >= 4 is 29.1 Å². The number of amides is 3. The van der Waals surface area contributed by atoms with Gasteiger partial charge in [0, 0.05) is 25.1 Å². The van der Waals surface area contributed by atoms with Crippen molar-refractivity contribution in [3.05, 3.63) is 48.0 Å². The summed E-state index contributed by atoms with van der Waals surface area (Å²) in [6, 6.07) is 12.0. The topological polar surface area (TPSA) is 97.0 Å². The Morgan fingerprint density at radius 2 is 1.84 bits per heavy atom. The molecule has 0 saturated carbocycles. The lowest BCUT2D eigenvalue weighted by molar-refractivity contribution is -0.122. The van der Waals surface area contributed by atoms with Crippen LogP contribution in [0.5, 0.6) is 11.5 Å². The highest BCUT2D eigenvalue weighted by molar-refractivity contribution is 6.07. The van der Waals surface area contributed by atoms with Crippen molar-refractivity contribution in [1.82, 2.24) is 5.32 Å². The monoisotopic (exact) mass is 425 g/mol. The van der Waals surface area contributed by atoms with Crippen molar-refractivity contribution in [2.24, 2.45) is 5.92 Å². The van der Waals surface area contributed by atoms with Crippen LogP contribution in [0.1, 0.15) is 30.6 Å². The smallest absolute Gasteiger partial charge is 0.253 e. The number of nitrogens with one attached hydrogen (secondary N) is 2. The van der Waals surface area contributed by atoms with E-state index in [-0.39, 0.29) is 36.7 Å². The molecule has 1 fully saturated rings. The first-order valence-electron chi connectivity index (χ1n) is 10.1. The summed E-state index contributed by atoms with van der Waals surface area (Å²) in [5, 5.41) is 5.64. The molecule has 0 aromatic heterocycles. The van der Waals surface area contributed by atoms with Gasteiger partial charge in [0.25, 0.3) is 5.91 Å². The lowest BCUT2D eigenvalue weighted by Crippen LogP contribution is -2.32. The number of benzene rings is 2. The highest BCUT2D eigenvalue weighted by atomic mass is 16.5. The Kier molecular flexibility index (Phi) is 6.79. The quantitative estimate of drug-likeness (QED) is 0.711. The van der Waals surface area contributed by atoms with E-state index < -0.39 is 5.92 Å². The molecular formula is C23H27N3O5. The third kappa shape index (κ3) is 4.96. The summed E-state index contributed by atoms with van der Waals surface area (Å²) in [6.45, 7) is 3.93. The van der Waals surface area contributed by atoms with Crippen molar-refractivity contribution in [3.8, 4) is 11.5 Å². The molecule has 31 heavy (non-hydrogen) atoms. The molecule has 2 aromatic carbocycles. The highest BCUT2D eigenvalue weighted by Crippen LogP contribution is 2.36.